The van der Waals surface area contributed by atoms with Crippen LogP contribution in [0.15, 0.2) is 0 Å². The van der Waals surface area contributed by atoms with Crippen molar-refractivity contribution in [3.8, 4) is 0 Å². The molecule has 0 amide bonds. The molecule has 1 aliphatic rings. The van der Waals surface area contributed by atoms with Gasteiger partial charge < -0.3 is 5.11 Å². The van der Waals surface area contributed by atoms with Crippen molar-refractivity contribution in [1.82, 2.24) is 0 Å². The molecule has 1 saturated carbocycles. The van der Waals surface area contributed by atoms with Gasteiger partial charge in [0.15, 0.2) is 0 Å². The number of nitrogens with zero attached hydrogens (tertiary/aromatic N) is 1. The van der Waals surface area contributed by atoms with Gasteiger partial charge in [0, 0.05) is 17.3 Å². The number of hydrogen-bond acceptors (Lipinski definition) is 3. The van der Waals surface area contributed by atoms with E-state index >= 15 is 0 Å². The monoisotopic (exact) mass is 215 g/mol. The average molecular weight is 215 g/mol. The van der Waals surface area contributed by atoms with Crippen LogP contribution in [0, 0.1) is 22.0 Å². The summed E-state index contributed by atoms with van der Waals surface area (Å²) in [5.41, 5.74) is 0. The molecule has 0 aromatic heterocycles. The molecule has 0 saturated heterocycles. The molecule has 1 N–H and O–H groups in total. The molecule has 0 heterocycles. The summed E-state index contributed by atoms with van der Waals surface area (Å²) < 4.78 is 0. The number of carboxylic acid groups (broad SMARTS) is 1. The van der Waals surface area contributed by atoms with Gasteiger partial charge in [0.05, 0.1) is 5.92 Å². The minimum atomic E-state index is -0.859. The molecule has 5 heteroatoms. The lowest BCUT2D eigenvalue weighted by atomic mass is 9.80. The Morgan fingerprint density at radius 1 is 1.53 bits per heavy atom. The summed E-state index contributed by atoms with van der Waals surface area (Å²) in [6, 6.07) is -0.527. The van der Waals surface area contributed by atoms with Gasteiger partial charge in [-0.05, 0) is 19.3 Å². The van der Waals surface area contributed by atoms with Crippen LogP contribution >= 0.6 is 0 Å². The normalized spacial score (nSPS) is 28.3. The van der Waals surface area contributed by atoms with Crippen molar-refractivity contribution in [3.05, 3.63) is 10.1 Å². The van der Waals surface area contributed by atoms with E-state index in [1.807, 2.05) is 0 Å². The van der Waals surface area contributed by atoms with E-state index in [9.17, 15) is 14.9 Å². The highest BCUT2D eigenvalue weighted by atomic mass is 16.6. The molecule has 1 rings (SSSR count). The van der Waals surface area contributed by atoms with Crippen LogP contribution in [-0.4, -0.2) is 22.0 Å². The maximum absolute atomic E-state index is 10.8. The Labute approximate surface area is 88.6 Å². The highest BCUT2D eigenvalue weighted by Gasteiger charge is 2.35. The van der Waals surface area contributed by atoms with Gasteiger partial charge in [-0.1, -0.05) is 13.3 Å². The van der Waals surface area contributed by atoms with Crippen LogP contribution in [0.4, 0.5) is 0 Å². The number of nitro groups is 1. The first kappa shape index (κ1) is 11.9. The molecular formula is C10H17NO4. The third-order valence-corrected chi connectivity index (χ3v) is 3.22. The quantitative estimate of drug-likeness (QED) is 0.574. The molecule has 0 spiro atoms. The number of rotatable bonds is 4. The third kappa shape index (κ3) is 3.18. The Balaban J connectivity index is 2.56. The lowest BCUT2D eigenvalue weighted by Gasteiger charge is -2.26. The van der Waals surface area contributed by atoms with E-state index < -0.39 is 17.9 Å². The summed E-state index contributed by atoms with van der Waals surface area (Å²) in [6.07, 6.45) is 3.71. The van der Waals surface area contributed by atoms with Gasteiger partial charge in [-0.3, -0.25) is 14.9 Å². The standard InChI is InChI=1S/C10H17NO4/c1-7(10(12)13)6-8-4-2-3-5-9(8)11(14)15/h7-9H,2-6H2,1H3,(H,12,13). The molecule has 0 aliphatic heterocycles. The number of hydrogen-bond donors (Lipinski definition) is 1. The van der Waals surface area contributed by atoms with Gasteiger partial charge in [-0.25, -0.2) is 0 Å². The van der Waals surface area contributed by atoms with E-state index in [-0.39, 0.29) is 10.8 Å². The van der Waals surface area contributed by atoms with Gasteiger partial charge >= 0.3 is 5.97 Å². The Morgan fingerprint density at radius 3 is 2.67 bits per heavy atom. The predicted molar refractivity (Wildman–Crippen MR) is 54.2 cm³/mol. The lowest BCUT2D eigenvalue weighted by molar-refractivity contribution is -0.536. The zero-order valence-corrected chi connectivity index (χ0v) is 8.89. The van der Waals surface area contributed by atoms with Gasteiger partial charge in [0.1, 0.15) is 0 Å². The second kappa shape index (κ2) is 5.09. The summed E-state index contributed by atoms with van der Waals surface area (Å²) in [5.74, 6) is -1.39. The van der Waals surface area contributed by atoms with Crippen molar-refractivity contribution < 1.29 is 14.8 Å². The van der Waals surface area contributed by atoms with Crippen LogP contribution in [0.3, 0.4) is 0 Å². The van der Waals surface area contributed by atoms with Crippen LogP contribution in [0.2, 0.25) is 0 Å². The lowest BCUT2D eigenvalue weighted by Crippen LogP contribution is -2.34. The fourth-order valence-corrected chi connectivity index (χ4v) is 2.30. The van der Waals surface area contributed by atoms with Crippen molar-refractivity contribution in [2.75, 3.05) is 0 Å². The van der Waals surface area contributed by atoms with Crippen LogP contribution in [0.25, 0.3) is 0 Å². The van der Waals surface area contributed by atoms with E-state index in [4.69, 9.17) is 5.11 Å². The van der Waals surface area contributed by atoms with Crippen molar-refractivity contribution in [2.24, 2.45) is 11.8 Å². The highest BCUT2D eigenvalue weighted by molar-refractivity contribution is 5.69. The largest absolute Gasteiger partial charge is 0.481 e. The summed E-state index contributed by atoms with van der Waals surface area (Å²) in [5, 5.41) is 19.5. The van der Waals surface area contributed by atoms with E-state index in [0.29, 0.717) is 12.8 Å². The Morgan fingerprint density at radius 2 is 2.13 bits per heavy atom. The topological polar surface area (TPSA) is 80.4 Å². The summed E-state index contributed by atoms with van der Waals surface area (Å²) in [7, 11) is 0. The van der Waals surface area contributed by atoms with Gasteiger partial charge in [-0.2, -0.15) is 0 Å². The third-order valence-electron chi connectivity index (χ3n) is 3.22. The molecule has 3 unspecified atom stereocenters. The molecule has 0 radical (unpaired) electrons. The van der Waals surface area contributed by atoms with E-state index in [2.05, 4.69) is 0 Å². The highest BCUT2D eigenvalue weighted by Crippen LogP contribution is 2.31. The molecule has 1 fully saturated rings. The summed E-state index contributed by atoms with van der Waals surface area (Å²) in [4.78, 5) is 21.2. The van der Waals surface area contributed by atoms with Crippen molar-refractivity contribution in [2.45, 2.75) is 45.1 Å². The fraction of sp³-hybridized carbons (Fsp3) is 0.900. The minimum absolute atomic E-state index is 0.0557. The first-order valence-electron chi connectivity index (χ1n) is 5.38. The first-order chi connectivity index (χ1) is 7.02. The molecular weight excluding hydrogens is 198 g/mol. The van der Waals surface area contributed by atoms with Gasteiger partial charge in [0.2, 0.25) is 6.04 Å². The average Bonchev–Trinajstić information content (AvgIpc) is 2.18. The van der Waals surface area contributed by atoms with Crippen molar-refractivity contribution in [1.29, 1.82) is 0 Å². The van der Waals surface area contributed by atoms with Gasteiger partial charge in [0.25, 0.3) is 0 Å². The molecule has 1 aliphatic carbocycles. The number of aliphatic carboxylic acids is 1. The first-order valence-corrected chi connectivity index (χ1v) is 5.38. The zero-order chi connectivity index (χ0) is 11.4. The number of carbonyl (C=O) groups is 1. The second-order valence-electron chi connectivity index (χ2n) is 4.37. The molecule has 0 bridgehead atoms. The SMILES string of the molecule is CC(CC1CCCCC1[N+](=O)[O-])C(=O)O. The smallest absolute Gasteiger partial charge is 0.306 e. The molecule has 15 heavy (non-hydrogen) atoms. The zero-order valence-electron chi connectivity index (χ0n) is 8.89. The fourth-order valence-electron chi connectivity index (χ4n) is 2.30. The van der Waals surface area contributed by atoms with Crippen LogP contribution in [-0.2, 0) is 4.79 Å². The van der Waals surface area contributed by atoms with Crippen molar-refractivity contribution in [3.63, 3.8) is 0 Å². The minimum Gasteiger partial charge on any atom is -0.481 e. The Bertz CT molecular complexity index is 254. The number of carboxylic acids is 1. The molecule has 86 valence electrons. The second-order valence-corrected chi connectivity index (χ2v) is 4.37. The molecule has 0 aromatic carbocycles. The van der Waals surface area contributed by atoms with E-state index in [0.717, 1.165) is 19.3 Å². The van der Waals surface area contributed by atoms with E-state index in [1.54, 1.807) is 6.92 Å². The predicted octanol–water partition coefficient (Wildman–Crippen LogP) is 1.93. The van der Waals surface area contributed by atoms with Crippen LogP contribution in [0.5, 0.6) is 0 Å². The van der Waals surface area contributed by atoms with Crippen molar-refractivity contribution >= 4 is 5.97 Å². The maximum Gasteiger partial charge on any atom is 0.306 e. The Hall–Kier alpha value is -1.13. The Kier molecular flexibility index (Phi) is 4.05. The van der Waals surface area contributed by atoms with E-state index in [1.165, 1.54) is 0 Å². The van der Waals surface area contributed by atoms with Gasteiger partial charge in [-0.15, -0.1) is 0 Å². The van der Waals surface area contributed by atoms with Crippen LogP contribution in [0.1, 0.15) is 39.0 Å². The summed E-state index contributed by atoms with van der Waals surface area (Å²) >= 11 is 0. The molecule has 5 nitrogen and oxygen atoms in total. The summed E-state index contributed by atoms with van der Waals surface area (Å²) in [6.45, 7) is 1.62. The molecule has 3 atom stereocenters. The molecule has 0 aromatic rings. The maximum atomic E-state index is 10.8. The van der Waals surface area contributed by atoms with Crippen LogP contribution < -0.4 is 0 Å².